The van der Waals surface area contributed by atoms with Gasteiger partial charge in [0.25, 0.3) is 0 Å². The number of anilines is 2. The van der Waals surface area contributed by atoms with Crippen molar-refractivity contribution in [2.45, 2.75) is 12.8 Å². The van der Waals surface area contributed by atoms with E-state index in [1.807, 2.05) is 42.5 Å². The van der Waals surface area contributed by atoms with Gasteiger partial charge in [0.05, 0.1) is 19.9 Å². The summed E-state index contributed by atoms with van der Waals surface area (Å²) in [5.74, 6) is 2.09. The third-order valence-corrected chi connectivity index (χ3v) is 5.53. The number of carbonyl (C=O) groups is 1. The highest BCUT2D eigenvalue weighted by Gasteiger charge is 2.26. The zero-order valence-electron chi connectivity index (χ0n) is 17.7. The second-order valence-electron chi connectivity index (χ2n) is 7.49. The number of aromatic nitrogens is 2. The first-order valence-electron chi connectivity index (χ1n) is 10.3. The molecule has 1 aromatic heterocycles. The van der Waals surface area contributed by atoms with Gasteiger partial charge in [-0.25, -0.2) is 0 Å². The van der Waals surface area contributed by atoms with Crippen LogP contribution in [0.4, 0.5) is 11.5 Å². The maximum atomic E-state index is 12.8. The molecular formula is C24H26N4O3. The van der Waals surface area contributed by atoms with Crippen molar-refractivity contribution < 1.29 is 14.3 Å². The highest BCUT2D eigenvalue weighted by atomic mass is 16.5. The molecule has 1 saturated heterocycles. The number of nitrogens with one attached hydrogen (secondary N) is 1. The topological polar surface area (TPSA) is 76.6 Å². The Morgan fingerprint density at radius 2 is 1.61 bits per heavy atom. The van der Waals surface area contributed by atoms with Gasteiger partial charge < -0.3 is 19.7 Å². The number of nitrogens with zero attached hydrogens (tertiary/aromatic N) is 3. The lowest BCUT2D eigenvalue weighted by Crippen LogP contribution is -2.38. The highest BCUT2D eigenvalue weighted by Crippen LogP contribution is 2.28. The van der Waals surface area contributed by atoms with E-state index in [1.54, 1.807) is 32.4 Å². The summed E-state index contributed by atoms with van der Waals surface area (Å²) in [6.45, 7) is 1.53. The number of benzene rings is 2. The van der Waals surface area contributed by atoms with Gasteiger partial charge in [0.1, 0.15) is 11.5 Å². The molecule has 4 rings (SSSR count). The first kappa shape index (κ1) is 20.7. The number of rotatable bonds is 6. The zero-order chi connectivity index (χ0) is 21.6. The molecule has 0 spiro atoms. The predicted molar refractivity (Wildman–Crippen MR) is 121 cm³/mol. The van der Waals surface area contributed by atoms with Crippen LogP contribution in [0.15, 0.2) is 60.7 Å². The van der Waals surface area contributed by atoms with Crippen LogP contribution in [-0.4, -0.2) is 43.4 Å². The second-order valence-corrected chi connectivity index (χ2v) is 7.49. The van der Waals surface area contributed by atoms with Crippen LogP contribution in [0.2, 0.25) is 0 Å². The van der Waals surface area contributed by atoms with Crippen molar-refractivity contribution in [1.82, 2.24) is 10.2 Å². The van der Waals surface area contributed by atoms with Crippen LogP contribution in [-0.2, 0) is 4.79 Å². The van der Waals surface area contributed by atoms with E-state index in [4.69, 9.17) is 9.47 Å². The normalized spacial score (nSPS) is 14.2. The summed E-state index contributed by atoms with van der Waals surface area (Å²) in [5.41, 5.74) is 2.57. The Labute approximate surface area is 182 Å². The van der Waals surface area contributed by atoms with Crippen molar-refractivity contribution in [2.75, 3.05) is 37.5 Å². The van der Waals surface area contributed by atoms with Crippen molar-refractivity contribution in [3.8, 4) is 22.8 Å². The van der Waals surface area contributed by atoms with Gasteiger partial charge in [-0.05, 0) is 25.0 Å². The lowest BCUT2D eigenvalue weighted by molar-refractivity contribution is -0.120. The van der Waals surface area contributed by atoms with Crippen LogP contribution in [0.1, 0.15) is 12.8 Å². The van der Waals surface area contributed by atoms with E-state index in [0.717, 1.165) is 43.0 Å². The van der Waals surface area contributed by atoms with Crippen LogP contribution in [0.5, 0.6) is 11.5 Å². The first-order chi connectivity index (χ1) is 15.2. The van der Waals surface area contributed by atoms with E-state index in [0.29, 0.717) is 17.2 Å². The molecule has 1 aliphatic heterocycles. The summed E-state index contributed by atoms with van der Waals surface area (Å²) in [5, 5.41) is 11.8. The molecule has 0 unspecified atom stereocenters. The third kappa shape index (κ3) is 4.94. The van der Waals surface area contributed by atoms with Crippen LogP contribution < -0.4 is 19.7 Å². The largest absolute Gasteiger partial charge is 0.497 e. The quantitative estimate of drug-likeness (QED) is 0.652. The van der Waals surface area contributed by atoms with Gasteiger partial charge in [0, 0.05) is 48.5 Å². The summed E-state index contributed by atoms with van der Waals surface area (Å²) in [4.78, 5) is 15.0. The molecule has 3 aromatic rings. The molecule has 1 amide bonds. The Balaban J connectivity index is 1.35. The molecule has 1 aliphatic rings. The minimum absolute atomic E-state index is 0.0143. The SMILES string of the molecule is COc1cc(NC(=O)C2CCN(c3ccc(-c4ccccc4)nn3)CC2)cc(OC)c1. The number of piperidine rings is 1. The molecule has 7 heteroatoms. The Bertz CT molecular complexity index is 995. The first-order valence-corrected chi connectivity index (χ1v) is 10.3. The van der Waals surface area contributed by atoms with Crippen molar-refractivity contribution in [3.63, 3.8) is 0 Å². The van der Waals surface area contributed by atoms with Crippen LogP contribution in [0.3, 0.4) is 0 Å². The number of methoxy groups -OCH3 is 2. The molecule has 1 fully saturated rings. The summed E-state index contributed by atoms with van der Waals surface area (Å²) < 4.78 is 10.5. The van der Waals surface area contributed by atoms with Crippen molar-refractivity contribution in [3.05, 3.63) is 60.7 Å². The highest BCUT2D eigenvalue weighted by molar-refractivity contribution is 5.93. The fourth-order valence-electron chi connectivity index (χ4n) is 3.75. The number of ether oxygens (including phenoxy) is 2. The molecule has 0 atom stereocenters. The monoisotopic (exact) mass is 418 g/mol. The average molecular weight is 418 g/mol. The predicted octanol–water partition coefficient (Wildman–Crippen LogP) is 4.02. The Morgan fingerprint density at radius 1 is 0.935 bits per heavy atom. The summed E-state index contributed by atoms with van der Waals surface area (Å²) >= 11 is 0. The molecule has 0 bridgehead atoms. The lowest BCUT2D eigenvalue weighted by atomic mass is 9.95. The van der Waals surface area contributed by atoms with Gasteiger partial charge in [-0.15, -0.1) is 10.2 Å². The van der Waals surface area contributed by atoms with E-state index < -0.39 is 0 Å². The van der Waals surface area contributed by atoms with Crippen molar-refractivity contribution >= 4 is 17.4 Å². The van der Waals surface area contributed by atoms with E-state index in [-0.39, 0.29) is 11.8 Å². The molecule has 7 nitrogen and oxygen atoms in total. The van der Waals surface area contributed by atoms with E-state index in [9.17, 15) is 4.79 Å². The van der Waals surface area contributed by atoms with Gasteiger partial charge in [-0.1, -0.05) is 30.3 Å². The fraction of sp³-hybridized carbons (Fsp3) is 0.292. The van der Waals surface area contributed by atoms with Crippen LogP contribution >= 0.6 is 0 Å². The van der Waals surface area contributed by atoms with Gasteiger partial charge in [0.15, 0.2) is 5.82 Å². The standard InChI is InChI=1S/C24H26N4O3/c1-30-20-14-19(15-21(16-20)31-2)25-24(29)18-10-12-28(13-11-18)23-9-8-22(26-27-23)17-6-4-3-5-7-17/h3-9,14-16,18H,10-13H2,1-2H3,(H,25,29). The number of hydrogen-bond acceptors (Lipinski definition) is 6. The van der Waals surface area contributed by atoms with Gasteiger partial charge in [-0.3, -0.25) is 4.79 Å². The number of amides is 1. The maximum absolute atomic E-state index is 12.8. The summed E-state index contributed by atoms with van der Waals surface area (Å²) in [6, 6.07) is 19.3. The fourth-order valence-corrected chi connectivity index (χ4v) is 3.75. The molecule has 0 saturated carbocycles. The molecule has 0 aliphatic carbocycles. The minimum atomic E-state index is -0.0509. The summed E-state index contributed by atoms with van der Waals surface area (Å²) in [6.07, 6.45) is 1.52. The number of carbonyl (C=O) groups excluding carboxylic acids is 1. The Hall–Kier alpha value is -3.61. The number of hydrogen-bond donors (Lipinski definition) is 1. The molecule has 0 radical (unpaired) electrons. The molecular weight excluding hydrogens is 392 g/mol. The van der Waals surface area contributed by atoms with E-state index >= 15 is 0 Å². The van der Waals surface area contributed by atoms with E-state index in [2.05, 4.69) is 20.4 Å². The van der Waals surface area contributed by atoms with Crippen molar-refractivity contribution in [2.24, 2.45) is 5.92 Å². The van der Waals surface area contributed by atoms with Crippen molar-refractivity contribution in [1.29, 1.82) is 0 Å². The van der Waals surface area contributed by atoms with Gasteiger partial charge >= 0.3 is 0 Å². The molecule has 31 heavy (non-hydrogen) atoms. The Morgan fingerprint density at radius 3 is 2.19 bits per heavy atom. The molecule has 1 N–H and O–H groups in total. The molecule has 2 aromatic carbocycles. The van der Waals surface area contributed by atoms with Gasteiger partial charge in [0.2, 0.25) is 5.91 Å². The average Bonchev–Trinajstić information content (AvgIpc) is 2.84. The van der Waals surface area contributed by atoms with Gasteiger partial charge in [-0.2, -0.15) is 0 Å². The zero-order valence-corrected chi connectivity index (χ0v) is 17.7. The lowest BCUT2D eigenvalue weighted by Gasteiger charge is -2.31. The third-order valence-electron chi connectivity index (χ3n) is 5.53. The maximum Gasteiger partial charge on any atom is 0.227 e. The van der Waals surface area contributed by atoms with Crippen LogP contribution in [0.25, 0.3) is 11.3 Å². The molecule has 2 heterocycles. The second kappa shape index (κ2) is 9.47. The smallest absolute Gasteiger partial charge is 0.227 e. The Kier molecular flexibility index (Phi) is 6.31. The summed E-state index contributed by atoms with van der Waals surface area (Å²) in [7, 11) is 3.18. The van der Waals surface area contributed by atoms with E-state index in [1.165, 1.54) is 0 Å². The molecule has 160 valence electrons. The minimum Gasteiger partial charge on any atom is -0.497 e. The van der Waals surface area contributed by atoms with Crippen LogP contribution in [0, 0.1) is 5.92 Å².